The zero-order valence-electron chi connectivity index (χ0n) is 22.5. The second kappa shape index (κ2) is 12.4. The molecule has 2 aliphatic rings. The van der Waals surface area contributed by atoms with Gasteiger partial charge in [-0.05, 0) is 72.8 Å². The number of aromatic nitrogens is 2. The lowest BCUT2D eigenvalue weighted by molar-refractivity contribution is 1.31. The van der Waals surface area contributed by atoms with E-state index in [-0.39, 0.29) is 11.1 Å². The highest BCUT2D eigenvalue weighted by atomic mass is 35.5. The summed E-state index contributed by atoms with van der Waals surface area (Å²) in [6, 6.07) is 22.3. The van der Waals surface area contributed by atoms with Gasteiger partial charge in [0.1, 0.15) is 12.1 Å². The Kier molecular flexibility index (Phi) is 8.26. The van der Waals surface area contributed by atoms with E-state index in [9.17, 15) is 10.5 Å². The molecule has 0 saturated carbocycles. The normalized spacial score (nSPS) is 16.7. The number of nitriles is 2. The Balaban J connectivity index is 1.50. The van der Waals surface area contributed by atoms with Crippen LogP contribution in [-0.4, -0.2) is 21.4 Å². The second-order valence-electron chi connectivity index (χ2n) is 9.52. The Bertz CT molecular complexity index is 1920. The van der Waals surface area contributed by atoms with Gasteiger partial charge in [0.05, 0.1) is 54.1 Å². The summed E-state index contributed by atoms with van der Waals surface area (Å²) in [6.45, 7) is 0. The Labute approximate surface area is 272 Å². The minimum absolute atomic E-state index is 0.0664. The minimum atomic E-state index is 0.0664. The highest BCUT2D eigenvalue weighted by Crippen LogP contribution is 2.40. The molecule has 44 heavy (non-hydrogen) atoms. The predicted octanol–water partition coefficient (Wildman–Crippen LogP) is 9.54. The molecule has 0 unspecified atom stereocenters. The number of H-pyrrole nitrogens is 2. The van der Waals surface area contributed by atoms with Crippen LogP contribution in [0.5, 0.6) is 0 Å². The van der Waals surface area contributed by atoms with E-state index in [0.29, 0.717) is 65.2 Å². The summed E-state index contributed by atoms with van der Waals surface area (Å²) in [7, 11) is 0. The highest BCUT2D eigenvalue weighted by molar-refractivity contribution is 6.39. The lowest BCUT2D eigenvalue weighted by Gasteiger charge is -2.12. The Morgan fingerprint density at radius 3 is 1.25 bits per heavy atom. The molecule has 6 nitrogen and oxygen atoms in total. The van der Waals surface area contributed by atoms with Crippen molar-refractivity contribution >= 4 is 69.0 Å². The first kappa shape index (κ1) is 29.3. The maximum atomic E-state index is 10.3. The van der Waals surface area contributed by atoms with Crippen LogP contribution in [0.2, 0.25) is 20.1 Å². The SMILES string of the molecule is N#C/C(C1=N/C(=C(\c2ccc[nH]2)c2c(Cl)cccc2Cl)C=C1)=C(/C#N)C1=N/C(=C(\c2ccc[nH]2)c2c(Cl)cccc2Cl)C=C1. The van der Waals surface area contributed by atoms with Gasteiger partial charge in [-0.2, -0.15) is 10.5 Å². The molecule has 0 aliphatic carbocycles. The number of aromatic amines is 2. The maximum Gasteiger partial charge on any atom is 0.103 e. The van der Waals surface area contributed by atoms with E-state index in [1.807, 2.05) is 24.3 Å². The summed E-state index contributed by atoms with van der Waals surface area (Å²) in [5.41, 5.74) is 5.76. The van der Waals surface area contributed by atoms with E-state index in [4.69, 9.17) is 56.4 Å². The van der Waals surface area contributed by atoms with Gasteiger partial charge in [-0.15, -0.1) is 0 Å². The van der Waals surface area contributed by atoms with Gasteiger partial charge in [0.25, 0.3) is 0 Å². The van der Waals surface area contributed by atoms with Gasteiger partial charge in [0.15, 0.2) is 0 Å². The standard InChI is InChI=1S/C34H18Cl4N6/c35-21-5-1-6-22(36)31(21)33(27-9-3-15-41-27)29-13-11-25(43-29)19(17-39)20(18-40)26-12-14-30(44-26)34(28-10-4-16-42-28)32-23(37)7-2-8-24(32)38/h1-16,41-42H/b20-19+,33-29+,34-30+. The van der Waals surface area contributed by atoms with Crippen LogP contribution >= 0.6 is 46.4 Å². The van der Waals surface area contributed by atoms with Crippen molar-refractivity contribution in [2.45, 2.75) is 0 Å². The number of allylic oxidation sites excluding steroid dienone is 6. The fourth-order valence-electron chi connectivity index (χ4n) is 5.01. The first-order valence-electron chi connectivity index (χ1n) is 13.1. The van der Waals surface area contributed by atoms with Gasteiger partial charge in [0, 0.05) is 46.1 Å². The number of nitrogens with one attached hydrogen (secondary N) is 2. The molecule has 2 aromatic heterocycles. The van der Waals surface area contributed by atoms with Crippen molar-refractivity contribution in [1.82, 2.24) is 9.97 Å². The van der Waals surface area contributed by atoms with E-state index in [1.54, 1.807) is 73.1 Å². The van der Waals surface area contributed by atoms with Crippen molar-refractivity contribution in [3.8, 4) is 12.1 Å². The first-order chi connectivity index (χ1) is 21.4. The van der Waals surface area contributed by atoms with E-state index >= 15 is 0 Å². The van der Waals surface area contributed by atoms with Gasteiger partial charge >= 0.3 is 0 Å². The van der Waals surface area contributed by atoms with Crippen molar-refractivity contribution in [2.24, 2.45) is 9.98 Å². The zero-order chi connectivity index (χ0) is 30.8. The topological polar surface area (TPSA) is 104 Å². The number of benzene rings is 2. The molecular formula is C34H18Cl4N6. The molecule has 0 radical (unpaired) electrons. The van der Waals surface area contributed by atoms with Crippen LogP contribution in [0.15, 0.2) is 130 Å². The summed E-state index contributed by atoms with van der Waals surface area (Å²) in [6.07, 6.45) is 10.5. The maximum absolute atomic E-state index is 10.3. The van der Waals surface area contributed by atoms with E-state index < -0.39 is 0 Å². The molecule has 2 N–H and O–H groups in total. The molecular weight excluding hydrogens is 634 g/mol. The molecule has 6 rings (SSSR count). The summed E-state index contributed by atoms with van der Waals surface area (Å²) >= 11 is 26.4. The molecule has 2 aliphatic heterocycles. The van der Waals surface area contributed by atoms with Gasteiger partial charge in [-0.1, -0.05) is 58.5 Å². The van der Waals surface area contributed by atoms with Crippen LogP contribution in [0.1, 0.15) is 22.5 Å². The summed E-state index contributed by atoms with van der Waals surface area (Å²) in [5, 5.41) is 22.3. The van der Waals surface area contributed by atoms with Crippen molar-refractivity contribution in [3.05, 3.63) is 163 Å². The molecule has 0 atom stereocenters. The molecule has 0 fully saturated rings. The van der Waals surface area contributed by atoms with Crippen LogP contribution in [0, 0.1) is 22.7 Å². The number of nitrogens with zero attached hydrogens (tertiary/aromatic N) is 4. The molecule has 4 heterocycles. The third-order valence-corrected chi connectivity index (χ3v) is 8.20. The molecule has 0 spiro atoms. The van der Waals surface area contributed by atoms with Gasteiger partial charge in [-0.25, -0.2) is 9.98 Å². The minimum Gasteiger partial charge on any atom is -0.361 e. The summed E-state index contributed by atoms with van der Waals surface area (Å²) < 4.78 is 0. The number of hydrogen-bond acceptors (Lipinski definition) is 4. The Hall–Kier alpha value is -4.82. The smallest absolute Gasteiger partial charge is 0.103 e. The lowest BCUT2D eigenvalue weighted by Crippen LogP contribution is -2.06. The fraction of sp³-hybridized carbons (Fsp3) is 0. The Morgan fingerprint density at radius 1 is 0.545 bits per heavy atom. The molecule has 10 heteroatoms. The molecule has 2 aromatic carbocycles. The number of halogens is 4. The largest absolute Gasteiger partial charge is 0.361 e. The van der Waals surface area contributed by atoms with E-state index in [0.717, 1.165) is 11.4 Å². The van der Waals surface area contributed by atoms with Crippen LogP contribution in [0.3, 0.4) is 0 Å². The van der Waals surface area contributed by atoms with Gasteiger partial charge in [0.2, 0.25) is 0 Å². The molecule has 0 saturated heterocycles. The third kappa shape index (κ3) is 5.37. The summed E-state index contributed by atoms with van der Waals surface area (Å²) in [4.78, 5) is 15.9. The van der Waals surface area contributed by atoms with Gasteiger partial charge in [-0.3, -0.25) is 0 Å². The number of aliphatic imine (C=N–C) groups is 2. The van der Waals surface area contributed by atoms with E-state index in [2.05, 4.69) is 22.1 Å². The van der Waals surface area contributed by atoms with Crippen LogP contribution < -0.4 is 0 Å². The van der Waals surface area contributed by atoms with E-state index in [1.165, 1.54) is 0 Å². The molecule has 4 aromatic rings. The fourth-order valence-corrected chi connectivity index (χ4v) is 6.18. The van der Waals surface area contributed by atoms with Gasteiger partial charge < -0.3 is 9.97 Å². The van der Waals surface area contributed by atoms with Crippen LogP contribution in [-0.2, 0) is 0 Å². The van der Waals surface area contributed by atoms with Crippen LogP contribution in [0.4, 0.5) is 0 Å². The monoisotopic (exact) mass is 650 g/mol. The first-order valence-corrected chi connectivity index (χ1v) is 14.7. The molecule has 0 amide bonds. The Morgan fingerprint density at radius 2 is 0.932 bits per heavy atom. The zero-order valence-corrected chi connectivity index (χ0v) is 25.6. The predicted molar refractivity (Wildman–Crippen MR) is 178 cm³/mol. The number of hydrogen-bond donors (Lipinski definition) is 2. The highest BCUT2D eigenvalue weighted by Gasteiger charge is 2.25. The van der Waals surface area contributed by atoms with Crippen LogP contribution in [0.25, 0.3) is 11.1 Å². The third-order valence-electron chi connectivity index (χ3n) is 6.94. The number of rotatable bonds is 6. The molecule has 0 bridgehead atoms. The quantitative estimate of drug-likeness (QED) is 0.203. The molecule has 212 valence electrons. The average molecular weight is 652 g/mol. The van der Waals surface area contributed by atoms with Crippen molar-refractivity contribution in [2.75, 3.05) is 0 Å². The van der Waals surface area contributed by atoms with Crippen molar-refractivity contribution < 1.29 is 0 Å². The average Bonchev–Trinajstić information content (AvgIpc) is 3.84. The lowest BCUT2D eigenvalue weighted by atomic mass is 10.0. The second-order valence-corrected chi connectivity index (χ2v) is 11.1. The van der Waals surface area contributed by atoms with Crippen molar-refractivity contribution in [3.63, 3.8) is 0 Å². The summed E-state index contributed by atoms with van der Waals surface area (Å²) in [5.74, 6) is 0. The van der Waals surface area contributed by atoms with Crippen molar-refractivity contribution in [1.29, 1.82) is 10.5 Å².